The Morgan fingerprint density at radius 1 is 1.00 bits per heavy atom. The van der Waals surface area contributed by atoms with Gasteiger partial charge in [0.1, 0.15) is 0 Å². The SMILES string of the molecule is CCc1ccc(CC)c(CNC(=O)[C@H](C)SCc2ccccc2)c1. The van der Waals surface area contributed by atoms with Crippen molar-refractivity contribution in [1.82, 2.24) is 5.32 Å². The number of amides is 1. The van der Waals surface area contributed by atoms with Crippen molar-refractivity contribution in [3.63, 3.8) is 0 Å². The lowest BCUT2D eigenvalue weighted by atomic mass is 10.0. The minimum absolute atomic E-state index is 0.0513. The predicted molar refractivity (Wildman–Crippen MR) is 104 cm³/mol. The summed E-state index contributed by atoms with van der Waals surface area (Å²) in [6, 6.07) is 16.9. The van der Waals surface area contributed by atoms with Crippen molar-refractivity contribution in [1.29, 1.82) is 0 Å². The van der Waals surface area contributed by atoms with Gasteiger partial charge in [0.25, 0.3) is 0 Å². The summed E-state index contributed by atoms with van der Waals surface area (Å²) in [5.41, 5.74) is 5.14. The van der Waals surface area contributed by atoms with E-state index in [4.69, 9.17) is 0 Å². The average molecular weight is 342 g/mol. The maximum atomic E-state index is 12.4. The van der Waals surface area contributed by atoms with Crippen molar-refractivity contribution in [3.05, 3.63) is 70.8 Å². The van der Waals surface area contributed by atoms with Crippen LogP contribution >= 0.6 is 11.8 Å². The Hall–Kier alpha value is -1.74. The summed E-state index contributed by atoms with van der Waals surface area (Å²) in [6.45, 7) is 6.91. The van der Waals surface area contributed by atoms with E-state index in [9.17, 15) is 4.79 Å². The predicted octanol–water partition coefficient (Wildman–Crippen LogP) is 4.75. The lowest BCUT2D eigenvalue weighted by Gasteiger charge is -2.14. The zero-order valence-corrected chi connectivity index (χ0v) is 15.7. The molecule has 0 bridgehead atoms. The molecule has 24 heavy (non-hydrogen) atoms. The molecule has 0 saturated carbocycles. The minimum Gasteiger partial charge on any atom is -0.351 e. The van der Waals surface area contributed by atoms with Crippen LogP contribution in [-0.2, 0) is 29.9 Å². The Morgan fingerprint density at radius 2 is 1.75 bits per heavy atom. The molecule has 0 saturated heterocycles. The molecule has 0 heterocycles. The highest BCUT2D eigenvalue weighted by Crippen LogP contribution is 2.18. The fourth-order valence-electron chi connectivity index (χ4n) is 2.61. The van der Waals surface area contributed by atoms with Crippen molar-refractivity contribution < 1.29 is 4.79 Å². The van der Waals surface area contributed by atoms with Gasteiger partial charge < -0.3 is 5.32 Å². The van der Waals surface area contributed by atoms with Gasteiger partial charge in [-0.05, 0) is 42.0 Å². The Balaban J connectivity index is 1.88. The van der Waals surface area contributed by atoms with E-state index in [2.05, 4.69) is 49.5 Å². The van der Waals surface area contributed by atoms with Gasteiger partial charge in [-0.25, -0.2) is 0 Å². The topological polar surface area (TPSA) is 29.1 Å². The molecule has 0 fully saturated rings. The third-order valence-electron chi connectivity index (χ3n) is 4.22. The molecule has 1 atom stereocenters. The molecule has 0 aliphatic rings. The van der Waals surface area contributed by atoms with Crippen LogP contribution in [0.2, 0.25) is 0 Å². The van der Waals surface area contributed by atoms with Gasteiger partial charge in [-0.1, -0.05) is 62.4 Å². The van der Waals surface area contributed by atoms with E-state index in [-0.39, 0.29) is 11.2 Å². The zero-order valence-electron chi connectivity index (χ0n) is 14.8. The van der Waals surface area contributed by atoms with Crippen LogP contribution in [0.15, 0.2) is 48.5 Å². The summed E-state index contributed by atoms with van der Waals surface area (Å²) in [4.78, 5) is 12.4. The summed E-state index contributed by atoms with van der Waals surface area (Å²) >= 11 is 1.68. The highest BCUT2D eigenvalue weighted by atomic mass is 32.2. The van der Waals surface area contributed by atoms with Gasteiger partial charge in [0, 0.05) is 12.3 Å². The fourth-order valence-corrected chi connectivity index (χ4v) is 3.48. The molecule has 128 valence electrons. The Kier molecular flexibility index (Phi) is 7.38. The van der Waals surface area contributed by atoms with Crippen LogP contribution < -0.4 is 5.32 Å². The van der Waals surface area contributed by atoms with Gasteiger partial charge in [0.2, 0.25) is 5.91 Å². The van der Waals surface area contributed by atoms with Crippen LogP contribution in [0.3, 0.4) is 0 Å². The third kappa shape index (κ3) is 5.41. The van der Waals surface area contributed by atoms with Crippen molar-refractivity contribution in [2.24, 2.45) is 0 Å². The Bertz CT molecular complexity index is 654. The molecule has 1 amide bonds. The standard InChI is InChI=1S/C21H27NOS/c1-4-17-11-12-19(5-2)20(13-17)14-22-21(23)16(3)24-15-18-9-7-6-8-10-18/h6-13,16H,4-5,14-15H2,1-3H3,(H,22,23)/t16-/m0/s1. The molecule has 0 unspecified atom stereocenters. The number of rotatable bonds is 8. The molecule has 2 aromatic rings. The monoisotopic (exact) mass is 341 g/mol. The lowest BCUT2D eigenvalue weighted by Crippen LogP contribution is -2.30. The second-order valence-electron chi connectivity index (χ2n) is 5.97. The first-order valence-electron chi connectivity index (χ1n) is 8.68. The fraction of sp³-hybridized carbons (Fsp3) is 0.381. The summed E-state index contributed by atoms with van der Waals surface area (Å²) in [6.07, 6.45) is 2.02. The average Bonchev–Trinajstić information content (AvgIpc) is 2.64. The molecule has 0 aliphatic carbocycles. The number of thioether (sulfide) groups is 1. The number of carbonyl (C=O) groups excluding carboxylic acids is 1. The van der Waals surface area contributed by atoms with E-state index in [1.165, 1.54) is 22.3 Å². The van der Waals surface area contributed by atoms with E-state index in [0.29, 0.717) is 6.54 Å². The highest BCUT2D eigenvalue weighted by Gasteiger charge is 2.13. The van der Waals surface area contributed by atoms with E-state index >= 15 is 0 Å². The smallest absolute Gasteiger partial charge is 0.233 e. The molecular weight excluding hydrogens is 314 g/mol. The summed E-state index contributed by atoms with van der Waals surface area (Å²) in [7, 11) is 0. The first-order valence-corrected chi connectivity index (χ1v) is 9.72. The van der Waals surface area contributed by atoms with Crippen molar-refractivity contribution in [2.45, 2.75) is 51.2 Å². The summed E-state index contributed by atoms with van der Waals surface area (Å²) in [5.74, 6) is 0.973. The number of carbonyl (C=O) groups is 1. The van der Waals surface area contributed by atoms with Gasteiger partial charge in [0.15, 0.2) is 0 Å². The van der Waals surface area contributed by atoms with Gasteiger partial charge in [-0.3, -0.25) is 4.79 Å². The quantitative estimate of drug-likeness (QED) is 0.751. The van der Waals surface area contributed by atoms with Gasteiger partial charge in [-0.2, -0.15) is 0 Å². The molecule has 2 rings (SSSR count). The minimum atomic E-state index is -0.0513. The molecule has 0 aliphatic heterocycles. The molecule has 0 spiro atoms. The second-order valence-corrected chi connectivity index (χ2v) is 7.30. The number of hydrogen-bond acceptors (Lipinski definition) is 2. The third-order valence-corrected chi connectivity index (χ3v) is 5.44. The van der Waals surface area contributed by atoms with E-state index in [1.54, 1.807) is 11.8 Å². The second kappa shape index (κ2) is 9.53. The molecule has 0 radical (unpaired) electrons. The normalized spacial score (nSPS) is 12.0. The van der Waals surface area contributed by atoms with Crippen LogP contribution in [0.1, 0.15) is 43.0 Å². The van der Waals surface area contributed by atoms with Gasteiger partial charge in [-0.15, -0.1) is 11.8 Å². The zero-order chi connectivity index (χ0) is 17.4. The van der Waals surface area contributed by atoms with Crippen molar-refractivity contribution in [3.8, 4) is 0 Å². The van der Waals surface area contributed by atoms with Crippen LogP contribution in [0, 0.1) is 0 Å². The van der Waals surface area contributed by atoms with Gasteiger partial charge in [0.05, 0.1) is 5.25 Å². The van der Waals surface area contributed by atoms with Gasteiger partial charge >= 0.3 is 0 Å². The first kappa shape index (κ1) is 18.6. The number of hydrogen-bond donors (Lipinski definition) is 1. The van der Waals surface area contributed by atoms with Crippen LogP contribution in [-0.4, -0.2) is 11.2 Å². The largest absolute Gasteiger partial charge is 0.351 e. The summed E-state index contributed by atoms with van der Waals surface area (Å²) in [5, 5.41) is 3.05. The Morgan fingerprint density at radius 3 is 2.42 bits per heavy atom. The number of benzene rings is 2. The van der Waals surface area contributed by atoms with Crippen LogP contribution in [0.4, 0.5) is 0 Å². The molecule has 0 aromatic heterocycles. The maximum absolute atomic E-state index is 12.4. The Labute approximate surface area is 150 Å². The lowest BCUT2D eigenvalue weighted by molar-refractivity contribution is -0.120. The van der Waals surface area contributed by atoms with E-state index < -0.39 is 0 Å². The van der Waals surface area contributed by atoms with Crippen LogP contribution in [0.5, 0.6) is 0 Å². The number of aryl methyl sites for hydroxylation is 2. The van der Waals surface area contributed by atoms with E-state index in [0.717, 1.165) is 18.6 Å². The van der Waals surface area contributed by atoms with Crippen molar-refractivity contribution >= 4 is 17.7 Å². The first-order chi connectivity index (χ1) is 11.6. The molecule has 3 heteroatoms. The maximum Gasteiger partial charge on any atom is 0.233 e. The molecular formula is C21H27NOS. The van der Waals surface area contributed by atoms with Crippen LogP contribution in [0.25, 0.3) is 0 Å². The summed E-state index contributed by atoms with van der Waals surface area (Å²) < 4.78 is 0. The highest BCUT2D eigenvalue weighted by molar-refractivity contribution is 7.99. The molecule has 1 N–H and O–H groups in total. The molecule has 2 aromatic carbocycles. The van der Waals surface area contributed by atoms with Crippen molar-refractivity contribution in [2.75, 3.05) is 0 Å². The number of nitrogens with one attached hydrogen (secondary N) is 1. The molecule has 2 nitrogen and oxygen atoms in total. The van der Waals surface area contributed by atoms with E-state index in [1.807, 2.05) is 25.1 Å².